The van der Waals surface area contributed by atoms with Crippen molar-refractivity contribution in [2.24, 2.45) is 0 Å². The van der Waals surface area contributed by atoms with E-state index in [0.717, 1.165) is 30.2 Å². The molecule has 1 aromatic rings. The Labute approximate surface area is 112 Å². The Morgan fingerprint density at radius 1 is 1.42 bits per heavy atom. The number of carbonyl (C=O) groups is 1. The van der Waals surface area contributed by atoms with Gasteiger partial charge in [0, 0.05) is 13.6 Å². The van der Waals surface area contributed by atoms with Crippen molar-refractivity contribution in [2.75, 3.05) is 31.7 Å². The third kappa shape index (κ3) is 2.19. The number of fused-ring (bicyclic) bond motifs is 1. The lowest BCUT2D eigenvalue weighted by atomic mass is 10.0. The highest BCUT2D eigenvalue weighted by Crippen LogP contribution is 2.35. The second-order valence-corrected chi connectivity index (χ2v) is 4.97. The van der Waals surface area contributed by atoms with Crippen molar-refractivity contribution in [3.8, 4) is 5.75 Å². The summed E-state index contributed by atoms with van der Waals surface area (Å²) in [6.45, 7) is 4.06. The Morgan fingerprint density at radius 2 is 2.26 bits per heavy atom. The molecule has 0 radical (unpaired) electrons. The molecule has 0 aromatic heterocycles. The fraction of sp³-hybridized carbons (Fsp3) is 0.500. The van der Waals surface area contributed by atoms with E-state index < -0.39 is 6.10 Å². The van der Waals surface area contributed by atoms with Crippen molar-refractivity contribution in [1.82, 2.24) is 5.32 Å². The lowest BCUT2D eigenvalue weighted by Crippen LogP contribution is -2.42. The van der Waals surface area contributed by atoms with Gasteiger partial charge in [-0.05, 0) is 24.6 Å². The summed E-state index contributed by atoms with van der Waals surface area (Å²) in [6.07, 6.45) is -0.427. The first-order valence-corrected chi connectivity index (χ1v) is 6.56. The quantitative estimate of drug-likeness (QED) is 0.823. The van der Waals surface area contributed by atoms with Gasteiger partial charge >= 0.3 is 0 Å². The first-order valence-electron chi connectivity index (χ1n) is 6.56. The minimum atomic E-state index is -0.427. The van der Waals surface area contributed by atoms with Gasteiger partial charge in [0.2, 0.25) is 0 Å². The second kappa shape index (κ2) is 4.83. The third-order valence-corrected chi connectivity index (χ3v) is 3.65. The van der Waals surface area contributed by atoms with Crippen LogP contribution in [0.5, 0.6) is 5.75 Å². The zero-order valence-electron chi connectivity index (χ0n) is 11.2. The lowest BCUT2D eigenvalue weighted by molar-refractivity contribution is -0.125. The minimum absolute atomic E-state index is 0.0145. The third-order valence-electron chi connectivity index (χ3n) is 3.65. The lowest BCUT2D eigenvalue weighted by Gasteiger charge is -2.31. The summed E-state index contributed by atoms with van der Waals surface area (Å²) in [5.41, 5.74) is 1.96. The number of nitrogens with one attached hydrogen (secondary N) is 1. The van der Waals surface area contributed by atoms with Crippen LogP contribution >= 0.6 is 0 Å². The molecule has 1 amide bonds. The van der Waals surface area contributed by atoms with Gasteiger partial charge in [0.25, 0.3) is 5.91 Å². The molecular formula is C14H18N2O3. The number of ether oxygens (including phenoxy) is 2. The van der Waals surface area contributed by atoms with Gasteiger partial charge in [-0.25, -0.2) is 0 Å². The number of benzene rings is 1. The van der Waals surface area contributed by atoms with Gasteiger partial charge in [-0.15, -0.1) is 0 Å². The number of anilines is 1. The number of rotatable bonds is 1. The Morgan fingerprint density at radius 3 is 3.00 bits per heavy atom. The predicted octanol–water partition coefficient (Wildman–Crippen LogP) is 1.09. The first kappa shape index (κ1) is 12.4. The van der Waals surface area contributed by atoms with E-state index in [1.165, 1.54) is 0 Å². The molecule has 5 nitrogen and oxygen atoms in total. The van der Waals surface area contributed by atoms with E-state index >= 15 is 0 Å². The van der Waals surface area contributed by atoms with Gasteiger partial charge in [0.05, 0.1) is 24.9 Å². The van der Waals surface area contributed by atoms with Crippen molar-refractivity contribution < 1.29 is 14.3 Å². The number of carbonyl (C=O) groups excluding carboxylic acids is 1. The summed E-state index contributed by atoms with van der Waals surface area (Å²) in [6, 6.07) is 6.15. The number of morpholine rings is 1. The molecule has 2 heterocycles. The molecule has 0 aliphatic carbocycles. The van der Waals surface area contributed by atoms with Gasteiger partial charge in [0.1, 0.15) is 5.75 Å². The van der Waals surface area contributed by atoms with Crippen molar-refractivity contribution in [2.45, 2.75) is 19.1 Å². The van der Waals surface area contributed by atoms with Crippen molar-refractivity contribution in [1.29, 1.82) is 0 Å². The average molecular weight is 262 g/mol. The van der Waals surface area contributed by atoms with Gasteiger partial charge in [-0.3, -0.25) is 4.79 Å². The Kier molecular flexibility index (Phi) is 3.16. The highest BCUT2D eigenvalue weighted by Gasteiger charge is 2.29. The van der Waals surface area contributed by atoms with E-state index in [2.05, 4.69) is 5.32 Å². The summed E-state index contributed by atoms with van der Waals surface area (Å²) in [7, 11) is 1.78. The van der Waals surface area contributed by atoms with E-state index in [0.29, 0.717) is 6.61 Å². The van der Waals surface area contributed by atoms with Crippen LogP contribution in [0.2, 0.25) is 0 Å². The van der Waals surface area contributed by atoms with Crippen LogP contribution in [0.4, 0.5) is 5.69 Å². The van der Waals surface area contributed by atoms with Crippen LogP contribution in [0.1, 0.15) is 18.5 Å². The average Bonchev–Trinajstić information content (AvgIpc) is 2.45. The maximum absolute atomic E-state index is 11.8. The van der Waals surface area contributed by atoms with Crippen LogP contribution in [0.25, 0.3) is 0 Å². The molecule has 2 unspecified atom stereocenters. The number of hydrogen-bond acceptors (Lipinski definition) is 4. The molecule has 1 aromatic carbocycles. The van der Waals surface area contributed by atoms with E-state index in [4.69, 9.17) is 9.47 Å². The Hall–Kier alpha value is -1.59. The predicted molar refractivity (Wildman–Crippen MR) is 71.5 cm³/mol. The van der Waals surface area contributed by atoms with Crippen LogP contribution in [-0.4, -0.2) is 38.8 Å². The molecule has 3 rings (SSSR count). The second-order valence-electron chi connectivity index (χ2n) is 4.97. The van der Waals surface area contributed by atoms with Crippen LogP contribution in [-0.2, 0) is 9.53 Å². The first-order chi connectivity index (χ1) is 9.16. The maximum atomic E-state index is 11.8. The largest absolute Gasteiger partial charge is 0.479 e. The molecule has 19 heavy (non-hydrogen) atoms. The number of likely N-dealkylation sites (N-methyl/N-ethyl adjacent to an activating group) is 1. The monoisotopic (exact) mass is 262 g/mol. The number of amides is 1. The summed E-state index contributed by atoms with van der Waals surface area (Å²) in [5.74, 6) is 0.749. The van der Waals surface area contributed by atoms with E-state index in [-0.39, 0.29) is 11.9 Å². The summed E-state index contributed by atoms with van der Waals surface area (Å²) >= 11 is 0. The smallest absolute Gasteiger partial charge is 0.267 e. The summed E-state index contributed by atoms with van der Waals surface area (Å²) < 4.78 is 11.2. The zero-order chi connectivity index (χ0) is 13.4. The Balaban J connectivity index is 1.91. The molecule has 2 atom stereocenters. The van der Waals surface area contributed by atoms with Gasteiger partial charge in [-0.1, -0.05) is 6.07 Å². The van der Waals surface area contributed by atoms with Crippen LogP contribution in [0, 0.1) is 0 Å². The van der Waals surface area contributed by atoms with E-state index in [9.17, 15) is 4.79 Å². The van der Waals surface area contributed by atoms with Gasteiger partial charge in [-0.2, -0.15) is 0 Å². The standard InChI is InChI=1S/C14H18N2O3/c1-9-14(17)16(2)12-4-3-10(7-13(12)19-9)11-8-18-6-5-15-11/h3-4,7,9,11,15H,5-6,8H2,1-2H3. The van der Waals surface area contributed by atoms with Gasteiger partial charge in [0.15, 0.2) is 6.10 Å². The van der Waals surface area contributed by atoms with Crippen LogP contribution < -0.4 is 15.0 Å². The molecule has 2 aliphatic heterocycles. The fourth-order valence-corrected chi connectivity index (χ4v) is 2.53. The maximum Gasteiger partial charge on any atom is 0.267 e. The van der Waals surface area contributed by atoms with Gasteiger partial charge < -0.3 is 19.7 Å². The molecule has 0 bridgehead atoms. The molecule has 2 aliphatic rings. The normalized spacial score (nSPS) is 26.8. The molecule has 1 saturated heterocycles. The van der Waals surface area contributed by atoms with Crippen molar-refractivity contribution >= 4 is 11.6 Å². The molecule has 1 N–H and O–H groups in total. The highest BCUT2D eigenvalue weighted by molar-refractivity contribution is 5.99. The SMILES string of the molecule is CC1Oc2cc(C3COCCN3)ccc2N(C)C1=O. The summed E-state index contributed by atoms with van der Waals surface area (Å²) in [5, 5.41) is 3.41. The van der Waals surface area contributed by atoms with Crippen molar-refractivity contribution in [3.63, 3.8) is 0 Å². The van der Waals surface area contributed by atoms with Crippen LogP contribution in [0.3, 0.4) is 0 Å². The molecule has 1 fully saturated rings. The van der Waals surface area contributed by atoms with E-state index in [1.54, 1.807) is 18.9 Å². The minimum Gasteiger partial charge on any atom is -0.479 e. The fourth-order valence-electron chi connectivity index (χ4n) is 2.53. The molecule has 5 heteroatoms. The highest BCUT2D eigenvalue weighted by atomic mass is 16.5. The van der Waals surface area contributed by atoms with Crippen molar-refractivity contribution in [3.05, 3.63) is 23.8 Å². The topological polar surface area (TPSA) is 50.8 Å². The molecule has 102 valence electrons. The number of nitrogens with zero attached hydrogens (tertiary/aromatic N) is 1. The Bertz CT molecular complexity index is 497. The zero-order valence-corrected chi connectivity index (χ0v) is 11.2. The summed E-state index contributed by atoms with van der Waals surface area (Å²) in [4.78, 5) is 13.5. The van der Waals surface area contributed by atoms with Crippen LogP contribution in [0.15, 0.2) is 18.2 Å². The number of hydrogen-bond donors (Lipinski definition) is 1. The molecule has 0 saturated carbocycles. The molecular weight excluding hydrogens is 244 g/mol. The van der Waals surface area contributed by atoms with E-state index in [1.807, 2.05) is 18.2 Å². The molecule has 0 spiro atoms.